The molecule has 2 rings (SSSR count). The normalized spacial score (nSPS) is 12.0. The van der Waals surface area contributed by atoms with Crippen molar-refractivity contribution < 1.29 is 32.1 Å². The summed E-state index contributed by atoms with van der Waals surface area (Å²) in [6, 6.07) is 15.0. The molecular formula is C14H15K3O7PS. The Hall–Kier alpha value is 3.21. The molecule has 0 aliphatic carbocycles. The van der Waals surface area contributed by atoms with Gasteiger partial charge < -0.3 is 14.5 Å². The Kier molecular flexibility index (Phi) is 17.3. The first-order valence-electron chi connectivity index (χ1n) is 6.49. The molecule has 3 N–H and O–H groups in total. The van der Waals surface area contributed by atoms with Gasteiger partial charge in [0.1, 0.15) is 11.5 Å². The Morgan fingerprint density at radius 2 is 1.46 bits per heavy atom. The quantitative estimate of drug-likeness (QED) is 0.327. The van der Waals surface area contributed by atoms with Crippen molar-refractivity contribution in [3.8, 4) is 11.5 Å². The Labute approximate surface area is 280 Å². The Morgan fingerprint density at radius 3 is 1.96 bits per heavy atom. The molecule has 0 aliphatic rings. The number of para-hydroxylation sites is 1. The summed E-state index contributed by atoms with van der Waals surface area (Å²) >= 11 is 0. The molecule has 0 saturated carbocycles. The second-order valence-electron chi connectivity index (χ2n) is 4.83. The van der Waals surface area contributed by atoms with Crippen LogP contribution in [-0.2, 0) is 21.1 Å². The van der Waals surface area contributed by atoms with Crippen LogP contribution < -0.4 is 4.74 Å². The zero-order valence-corrected chi connectivity index (χ0v) is 25.9. The maximum atomic E-state index is 11.3. The number of hydrogen-bond donors (Lipinski definition) is 3. The summed E-state index contributed by atoms with van der Waals surface area (Å²) in [5, 5.41) is 0. The van der Waals surface area contributed by atoms with Gasteiger partial charge in [0, 0.05) is 161 Å². The molecule has 0 aliphatic heterocycles. The van der Waals surface area contributed by atoms with Gasteiger partial charge in [-0.3, -0.25) is 9.12 Å². The average molecular weight is 476 g/mol. The van der Waals surface area contributed by atoms with Gasteiger partial charge in [0.25, 0.3) is 10.1 Å². The largest absolute Gasteiger partial charge is 0.457 e. The van der Waals surface area contributed by atoms with Gasteiger partial charge in [0.15, 0.2) is 4.99 Å². The summed E-state index contributed by atoms with van der Waals surface area (Å²) in [6.45, 7) is 0. The predicted octanol–water partition coefficient (Wildman–Crippen LogP) is 1.27. The van der Waals surface area contributed by atoms with Crippen LogP contribution in [0, 0.1) is 0 Å². The van der Waals surface area contributed by atoms with Gasteiger partial charge in [-0.25, -0.2) is 0 Å². The SMILES string of the molecule is O=P(O)(O)C(Cc1cccc(Oc2ccccc2)c1)S(=O)(=O)O.[K].[K].[K]. The summed E-state index contributed by atoms with van der Waals surface area (Å²) < 4.78 is 48.3. The van der Waals surface area contributed by atoms with E-state index < -0.39 is 29.1 Å². The molecule has 1 atom stereocenters. The first-order valence-corrected chi connectivity index (χ1v) is 9.68. The summed E-state index contributed by atoms with van der Waals surface area (Å²) in [4.78, 5) is 16.0. The fourth-order valence-corrected chi connectivity index (χ4v) is 4.20. The topological polar surface area (TPSA) is 121 Å². The monoisotopic (exact) mass is 475 g/mol. The molecule has 1 unspecified atom stereocenters. The van der Waals surface area contributed by atoms with E-state index >= 15 is 0 Å². The van der Waals surface area contributed by atoms with Gasteiger partial charge in [-0.15, -0.1) is 0 Å². The minimum atomic E-state index is -5.02. The molecule has 0 aromatic heterocycles. The van der Waals surface area contributed by atoms with Crippen LogP contribution >= 0.6 is 7.60 Å². The number of hydrogen-bond acceptors (Lipinski definition) is 4. The third-order valence-corrected chi connectivity index (χ3v) is 6.42. The van der Waals surface area contributed by atoms with Gasteiger partial charge in [-0.1, -0.05) is 30.3 Å². The van der Waals surface area contributed by atoms with Gasteiger partial charge >= 0.3 is 7.60 Å². The minimum absolute atomic E-state index is 0. The molecule has 0 saturated heterocycles. The molecule has 2 aromatic rings. The van der Waals surface area contributed by atoms with Crippen molar-refractivity contribution in [2.24, 2.45) is 0 Å². The van der Waals surface area contributed by atoms with E-state index in [9.17, 15) is 13.0 Å². The number of ether oxygens (including phenoxy) is 1. The summed E-state index contributed by atoms with van der Waals surface area (Å²) in [7, 11) is -9.92. The first kappa shape index (κ1) is 31.4. The van der Waals surface area contributed by atoms with E-state index in [1.54, 1.807) is 36.4 Å². The van der Waals surface area contributed by atoms with Crippen molar-refractivity contribution in [2.75, 3.05) is 0 Å². The first-order chi connectivity index (χ1) is 10.7. The molecule has 12 heteroatoms. The van der Waals surface area contributed by atoms with Crippen molar-refractivity contribution in [3.05, 3.63) is 60.2 Å². The second-order valence-corrected chi connectivity index (χ2v) is 8.58. The number of rotatable bonds is 6. The molecule has 0 spiro atoms. The van der Waals surface area contributed by atoms with Crippen molar-refractivity contribution >= 4 is 172 Å². The second kappa shape index (κ2) is 14.3. The van der Waals surface area contributed by atoms with E-state index in [1.807, 2.05) is 6.07 Å². The van der Waals surface area contributed by atoms with Crippen LogP contribution in [0.5, 0.6) is 11.5 Å². The molecule has 3 radical (unpaired) electrons. The molecule has 0 bridgehead atoms. The van der Waals surface area contributed by atoms with E-state index in [1.165, 1.54) is 12.1 Å². The summed E-state index contributed by atoms with van der Waals surface area (Å²) in [6.07, 6.45) is -0.533. The molecule has 2 aromatic carbocycles. The maximum absolute atomic E-state index is 11.3. The van der Waals surface area contributed by atoms with Crippen molar-refractivity contribution in [1.29, 1.82) is 0 Å². The zero-order valence-electron chi connectivity index (χ0n) is 14.8. The maximum Gasteiger partial charge on any atom is 0.346 e. The third-order valence-electron chi connectivity index (χ3n) is 3.01. The van der Waals surface area contributed by atoms with Crippen LogP contribution in [0.4, 0.5) is 0 Å². The van der Waals surface area contributed by atoms with E-state index in [0.29, 0.717) is 17.1 Å². The zero-order chi connectivity index (χ0) is 17.1. The fourth-order valence-electron chi connectivity index (χ4n) is 1.96. The number of benzene rings is 2. The van der Waals surface area contributed by atoms with Crippen LogP contribution in [0.25, 0.3) is 0 Å². The van der Waals surface area contributed by atoms with E-state index in [4.69, 9.17) is 19.1 Å². The standard InChI is InChI=1S/C14H15O7PS.3K/c15-22(16,17)14(23(18,19)20)10-11-5-4-8-13(9-11)21-12-6-2-1-3-7-12;;;/h1-9,14H,10H2,(H2,15,16,17)(H,18,19,20);;;. The van der Waals surface area contributed by atoms with Crippen molar-refractivity contribution in [3.63, 3.8) is 0 Å². The average Bonchev–Trinajstić information content (AvgIpc) is 2.44. The molecule has 127 valence electrons. The van der Waals surface area contributed by atoms with Crippen LogP contribution in [0.3, 0.4) is 0 Å². The predicted molar refractivity (Wildman–Crippen MR) is 101 cm³/mol. The van der Waals surface area contributed by atoms with E-state index in [-0.39, 0.29) is 154 Å². The van der Waals surface area contributed by atoms with Crippen LogP contribution in [-0.4, -0.2) is 182 Å². The van der Waals surface area contributed by atoms with Gasteiger partial charge in [-0.05, 0) is 29.8 Å². The molecule has 7 nitrogen and oxygen atoms in total. The molecular weight excluding hydrogens is 460 g/mol. The smallest absolute Gasteiger partial charge is 0.346 e. The van der Waals surface area contributed by atoms with Gasteiger partial charge in [0.05, 0.1) is 0 Å². The Balaban J connectivity index is 0. The minimum Gasteiger partial charge on any atom is -0.457 e. The van der Waals surface area contributed by atoms with Crippen LogP contribution in [0.2, 0.25) is 0 Å². The van der Waals surface area contributed by atoms with Crippen molar-refractivity contribution in [1.82, 2.24) is 0 Å². The van der Waals surface area contributed by atoms with Crippen LogP contribution in [0.1, 0.15) is 5.56 Å². The fraction of sp³-hybridized carbons (Fsp3) is 0.143. The Bertz CT molecular complexity index is 827. The molecule has 0 heterocycles. The van der Waals surface area contributed by atoms with Crippen molar-refractivity contribution in [2.45, 2.75) is 11.4 Å². The Morgan fingerprint density at radius 1 is 0.923 bits per heavy atom. The van der Waals surface area contributed by atoms with Gasteiger partial charge in [-0.2, -0.15) is 8.42 Å². The molecule has 26 heavy (non-hydrogen) atoms. The summed E-state index contributed by atoms with van der Waals surface area (Å²) in [5.74, 6) is 0.944. The van der Waals surface area contributed by atoms with E-state index in [0.717, 1.165) is 0 Å². The van der Waals surface area contributed by atoms with Gasteiger partial charge in [0.2, 0.25) is 0 Å². The van der Waals surface area contributed by atoms with Crippen LogP contribution in [0.15, 0.2) is 54.6 Å². The third kappa shape index (κ3) is 11.0. The molecule has 0 fully saturated rings. The molecule has 0 amide bonds. The van der Waals surface area contributed by atoms with E-state index in [2.05, 4.69) is 0 Å². The summed E-state index contributed by atoms with van der Waals surface area (Å²) in [5.41, 5.74) is 0.310.